The zero-order valence-corrected chi connectivity index (χ0v) is 5.49. The molecule has 0 spiro atoms. The Morgan fingerprint density at radius 2 is 2.30 bits per heavy atom. The molecular formula is C5H7NO4. The first-order valence-corrected chi connectivity index (χ1v) is 2.52. The molecule has 0 aliphatic heterocycles. The molecule has 0 heterocycles. The van der Waals surface area contributed by atoms with Crippen LogP contribution in [0.25, 0.3) is 0 Å². The Hall–Kier alpha value is -1.39. The van der Waals surface area contributed by atoms with Crippen LogP contribution in [0.15, 0.2) is 12.2 Å². The smallest absolute Gasteiger partial charge is 0.268 e. The molecular weight excluding hydrogens is 138 g/mol. The quantitative estimate of drug-likeness (QED) is 0.332. The van der Waals surface area contributed by atoms with Gasteiger partial charge >= 0.3 is 11.1 Å². The molecule has 0 saturated heterocycles. The first-order chi connectivity index (χ1) is 4.52. The van der Waals surface area contributed by atoms with Gasteiger partial charge < -0.3 is 0 Å². The molecule has 0 saturated carbocycles. The highest BCUT2D eigenvalue weighted by Gasteiger charge is 2.05. The Balaban J connectivity index is 3.65. The predicted octanol–water partition coefficient (Wildman–Crippen LogP) is 0.688. The minimum Gasteiger partial charge on any atom is -0.268 e. The maximum Gasteiger partial charge on any atom is 0.307 e. The van der Waals surface area contributed by atoms with Gasteiger partial charge in [0.2, 0.25) is 0 Å². The summed E-state index contributed by atoms with van der Waals surface area (Å²) in [4.78, 5) is 23.4. The van der Waals surface area contributed by atoms with E-state index < -0.39 is 11.1 Å². The van der Waals surface area contributed by atoms with Gasteiger partial charge in [0.1, 0.15) is 0 Å². The van der Waals surface area contributed by atoms with Gasteiger partial charge in [-0.05, 0) is 6.92 Å². The molecule has 0 N–H and O–H groups in total. The highest BCUT2D eigenvalue weighted by Crippen LogP contribution is 1.96. The van der Waals surface area contributed by atoms with Crippen molar-refractivity contribution in [1.82, 2.24) is 0 Å². The number of nitrogens with zero attached hydrogens (tertiary/aromatic N) is 1. The van der Waals surface area contributed by atoms with E-state index in [1.54, 1.807) is 6.92 Å². The summed E-state index contributed by atoms with van der Waals surface area (Å²) in [5.74, 6) is -0.891. The summed E-state index contributed by atoms with van der Waals surface area (Å²) in [6.45, 7) is 4.96. The molecule has 0 atom stereocenters. The van der Waals surface area contributed by atoms with Crippen molar-refractivity contribution in [3.63, 3.8) is 0 Å². The van der Waals surface area contributed by atoms with Gasteiger partial charge in [-0.1, -0.05) is 12.2 Å². The van der Waals surface area contributed by atoms with Gasteiger partial charge in [0.25, 0.3) is 0 Å². The lowest BCUT2D eigenvalue weighted by molar-refractivity contribution is -0.729. The molecule has 0 aromatic carbocycles. The SMILES string of the molecule is C=C(C)CC(=O)O[N+](=O)[O-]. The van der Waals surface area contributed by atoms with Crippen LogP contribution >= 0.6 is 0 Å². The Morgan fingerprint density at radius 3 is 2.60 bits per heavy atom. The van der Waals surface area contributed by atoms with Crippen LogP contribution in [0.4, 0.5) is 0 Å². The fraction of sp³-hybridized carbons (Fsp3) is 0.400. The largest absolute Gasteiger partial charge is 0.307 e. The average Bonchev–Trinajstić information content (AvgIpc) is 1.58. The second-order valence-electron chi connectivity index (χ2n) is 1.82. The van der Waals surface area contributed by atoms with E-state index in [9.17, 15) is 14.9 Å². The Morgan fingerprint density at radius 1 is 1.80 bits per heavy atom. The zero-order chi connectivity index (χ0) is 8.15. The minimum absolute atomic E-state index is 0.110. The van der Waals surface area contributed by atoms with Gasteiger partial charge in [-0.2, -0.15) is 0 Å². The molecule has 0 unspecified atom stereocenters. The molecule has 0 rings (SSSR count). The lowest BCUT2D eigenvalue weighted by Crippen LogP contribution is -2.09. The van der Waals surface area contributed by atoms with Gasteiger partial charge in [0.05, 0.1) is 6.42 Å². The predicted molar refractivity (Wildman–Crippen MR) is 32.5 cm³/mol. The van der Waals surface area contributed by atoms with Gasteiger partial charge in [-0.15, -0.1) is 10.1 Å². The summed E-state index contributed by atoms with van der Waals surface area (Å²) in [6.07, 6.45) is -0.110. The molecule has 0 fully saturated rings. The summed E-state index contributed by atoms with van der Waals surface area (Å²) in [5, 5.41) is 8.39. The van der Waals surface area contributed by atoms with E-state index in [1.807, 2.05) is 0 Å². The summed E-state index contributed by atoms with van der Waals surface area (Å²) < 4.78 is 0. The van der Waals surface area contributed by atoms with E-state index >= 15 is 0 Å². The topological polar surface area (TPSA) is 69.4 Å². The summed E-state index contributed by atoms with van der Waals surface area (Å²) in [6, 6.07) is 0. The van der Waals surface area contributed by atoms with Gasteiger partial charge in [0, 0.05) is 0 Å². The van der Waals surface area contributed by atoms with Crippen molar-refractivity contribution in [2.45, 2.75) is 13.3 Å². The normalized spacial score (nSPS) is 8.50. The van der Waals surface area contributed by atoms with Crippen molar-refractivity contribution in [3.8, 4) is 0 Å². The highest BCUT2D eigenvalue weighted by molar-refractivity contribution is 5.71. The fourth-order valence-corrected chi connectivity index (χ4v) is 0.362. The van der Waals surface area contributed by atoms with Crippen LogP contribution in [0, 0.1) is 10.1 Å². The van der Waals surface area contributed by atoms with Crippen molar-refractivity contribution in [2.75, 3.05) is 0 Å². The van der Waals surface area contributed by atoms with Crippen LogP contribution in [0.2, 0.25) is 0 Å². The molecule has 0 aliphatic rings. The van der Waals surface area contributed by atoms with Crippen LogP contribution in [-0.4, -0.2) is 11.1 Å². The maximum atomic E-state index is 10.3. The molecule has 0 aromatic heterocycles. The standard InChI is InChI=1S/C5H7NO4/c1-4(2)3-5(7)10-6(8)9/h1,3H2,2H3. The monoisotopic (exact) mass is 145 g/mol. The van der Waals surface area contributed by atoms with Crippen LogP contribution < -0.4 is 0 Å². The number of rotatable bonds is 3. The van der Waals surface area contributed by atoms with E-state index in [0.29, 0.717) is 5.57 Å². The zero-order valence-electron chi connectivity index (χ0n) is 5.49. The van der Waals surface area contributed by atoms with E-state index in [4.69, 9.17) is 0 Å². The Labute approximate surface area is 57.4 Å². The molecule has 0 aliphatic carbocycles. The molecule has 0 amide bonds. The molecule has 10 heavy (non-hydrogen) atoms. The average molecular weight is 145 g/mol. The number of hydrogen-bond acceptors (Lipinski definition) is 4. The lowest BCUT2D eigenvalue weighted by Gasteiger charge is -1.94. The third-order valence-electron chi connectivity index (χ3n) is 0.622. The lowest BCUT2D eigenvalue weighted by atomic mass is 10.2. The minimum atomic E-state index is -1.13. The second kappa shape index (κ2) is 3.60. The first-order valence-electron chi connectivity index (χ1n) is 2.52. The molecule has 56 valence electrons. The van der Waals surface area contributed by atoms with Gasteiger partial charge in [0.15, 0.2) is 0 Å². The molecule has 0 radical (unpaired) electrons. The Kier molecular flexibility index (Phi) is 3.10. The third kappa shape index (κ3) is 4.76. The van der Waals surface area contributed by atoms with Crippen molar-refractivity contribution >= 4 is 5.97 Å². The third-order valence-corrected chi connectivity index (χ3v) is 0.622. The molecule has 0 aromatic rings. The van der Waals surface area contributed by atoms with Crippen molar-refractivity contribution < 1.29 is 14.7 Å². The molecule has 5 heteroatoms. The van der Waals surface area contributed by atoms with Crippen molar-refractivity contribution in [1.29, 1.82) is 0 Å². The summed E-state index contributed by atoms with van der Waals surface area (Å²) in [5.41, 5.74) is 0.534. The number of hydrogen-bond donors (Lipinski definition) is 0. The van der Waals surface area contributed by atoms with E-state index in [2.05, 4.69) is 11.4 Å². The first kappa shape index (κ1) is 8.61. The summed E-state index contributed by atoms with van der Waals surface area (Å²) in [7, 11) is 0. The van der Waals surface area contributed by atoms with Gasteiger partial charge in [-0.25, -0.2) is 4.84 Å². The summed E-state index contributed by atoms with van der Waals surface area (Å²) >= 11 is 0. The van der Waals surface area contributed by atoms with E-state index in [-0.39, 0.29) is 6.42 Å². The van der Waals surface area contributed by atoms with E-state index in [1.165, 1.54) is 0 Å². The second-order valence-corrected chi connectivity index (χ2v) is 1.82. The van der Waals surface area contributed by atoms with Crippen LogP contribution in [0.1, 0.15) is 13.3 Å². The Bertz CT molecular complexity index is 156. The number of carbonyl (C=O) groups excluding carboxylic acids is 1. The molecule has 0 bridgehead atoms. The maximum absolute atomic E-state index is 10.3. The van der Waals surface area contributed by atoms with Crippen LogP contribution in [-0.2, 0) is 9.63 Å². The number of carbonyl (C=O) groups is 1. The molecule has 5 nitrogen and oxygen atoms in total. The van der Waals surface area contributed by atoms with Crippen molar-refractivity contribution in [2.24, 2.45) is 0 Å². The van der Waals surface area contributed by atoms with Crippen LogP contribution in [0.3, 0.4) is 0 Å². The van der Waals surface area contributed by atoms with Crippen molar-refractivity contribution in [3.05, 3.63) is 22.3 Å². The van der Waals surface area contributed by atoms with E-state index in [0.717, 1.165) is 0 Å². The fourth-order valence-electron chi connectivity index (χ4n) is 0.362. The van der Waals surface area contributed by atoms with Crippen LogP contribution in [0.5, 0.6) is 0 Å². The highest BCUT2D eigenvalue weighted by atomic mass is 17.0. The van der Waals surface area contributed by atoms with Gasteiger partial charge in [-0.3, -0.25) is 4.79 Å².